The molecule has 1 heterocycles. The van der Waals surface area contributed by atoms with E-state index < -0.39 is 0 Å². The highest BCUT2D eigenvalue weighted by Gasteiger charge is 2.18. The molecular formula is C13H29N3. The van der Waals surface area contributed by atoms with E-state index in [1.165, 1.54) is 45.6 Å². The summed E-state index contributed by atoms with van der Waals surface area (Å²) in [5, 5.41) is 0. The molecule has 96 valence electrons. The van der Waals surface area contributed by atoms with Crippen molar-refractivity contribution in [1.29, 1.82) is 0 Å². The molecule has 0 aromatic heterocycles. The average molecular weight is 227 g/mol. The van der Waals surface area contributed by atoms with Crippen LogP contribution in [0.5, 0.6) is 0 Å². The van der Waals surface area contributed by atoms with E-state index in [2.05, 4.69) is 30.6 Å². The third-order valence-electron chi connectivity index (χ3n) is 3.71. The molecule has 0 radical (unpaired) electrons. The summed E-state index contributed by atoms with van der Waals surface area (Å²) in [5.41, 5.74) is 5.92. The van der Waals surface area contributed by atoms with Crippen LogP contribution in [0, 0.1) is 0 Å². The maximum absolute atomic E-state index is 5.92. The summed E-state index contributed by atoms with van der Waals surface area (Å²) in [4.78, 5) is 5.15. The minimum absolute atomic E-state index is 0.414. The molecule has 0 aromatic rings. The molecule has 3 heteroatoms. The molecule has 0 saturated carbocycles. The van der Waals surface area contributed by atoms with Gasteiger partial charge in [-0.05, 0) is 39.7 Å². The lowest BCUT2D eigenvalue weighted by atomic mass is 10.1. The first kappa shape index (κ1) is 13.9. The van der Waals surface area contributed by atoms with Crippen molar-refractivity contribution in [3.05, 3.63) is 0 Å². The molecule has 16 heavy (non-hydrogen) atoms. The van der Waals surface area contributed by atoms with Gasteiger partial charge in [-0.3, -0.25) is 4.90 Å². The molecule has 1 aliphatic rings. The predicted molar refractivity (Wildman–Crippen MR) is 70.6 cm³/mol. The van der Waals surface area contributed by atoms with Gasteiger partial charge in [-0.2, -0.15) is 0 Å². The van der Waals surface area contributed by atoms with Crippen LogP contribution in [0.3, 0.4) is 0 Å². The lowest BCUT2D eigenvalue weighted by Gasteiger charge is -2.37. The molecule has 2 N–H and O–H groups in total. The van der Waals surface area contributed by atoms with Crippen LogP contribution >= 0.6 is 0 Å². The summed E-state index contributed by atoms with van der Waals surface area (Å²) in [7, 11) is 0. The normalized spacial score (nSPS) is 21.6. The molecule has 1 atom stereocenters. The van der Waals surface area contributed by atoms with Crippen molar-refractivity contribution in [1.82, 2.24) is 9.80 Å². The third kappa shape index (κ3) is 4.81. The second-order valence-electron chi connectivity index (χ2n) is 5.28. The number of hydrogen-bond donors (Lipinski definition) is 1. The summed E-state index contributed by atoms with van der Waals surface area (Å²) in [6.07, 6.45) is 3.55. The van der Waals surface area contributed by atoms with Crippen LogP contribution in [0.2, 0.25) is 0 Å². The van der Waals surface area contributed by atoms with Gasteiger partial charge in [-0.25, -0.2) is 0 Å². The summed E-state index contributed by atoms with van der Waals surface area (Å²) in [6, 6.07) is 1.12. The number of piperazine rings is 1. The molecular weight excluding hydrogens is 198 g/mol. The second-order valence-corrected chi connectivity index (χ2v) is 5.28. The molecule has 1 unspecified atom stereocenters. The first-order valence-corrected chi connectivity index (χ1v) is 6.85. The Balaban J connectivity index is 2.08. The van der Waals surface area contributed by atoms with Crippen molar-refractivity contribution >= 4 is 0 Å². The van der Waals surface area contributed by atoms with Gasteiger partial charge >= 0.3 is 0 Å². The van der Waals surface area contributed by atoms with Crippen LogP contribution in [0.1, 0.15) is 40.0 Å². The zero-order chi connectivity index (χ0) is 12.0. The van der Waals surface area contributed by atoms with E-state index in [9.17, 15) is 0 Å². The molecule has 1 saturated heterocycles. The maximum atomic E-state index is 5.92. The zero-order valence-corrected chi connectivity index (χ0v) is 11.3. The van der Waals surface area contributed by atoms with Crippen LogP contribution in [-0.2, 0) is 0 Å². The Morgan fingerprint density at radius 2 is 1.75 bits per heavy atom. The topological polar surface area (TPSA) is 32.5 Å². The second kappa shape index (κ2) is 7.25. The number of rotatable bonds is 6. The molecule has 0 aromatic carbocycles. The van der Waals surface area contributed by atoms with E-state index in [1.54, 1.807) is 0 Å². The maximum Gasteiger partial charge on any atom is 0.0113 e. The quantitative estimate of drug-likeness (QED) is 0.747. The zero-order valence-electron chi connectivity index (χ0n) is 11.3. The van der Waals surface area contributed by atoms with E-state index in [4.69, 9.17) is 5.73 Å². The van der Waals surface area contributed by atoms with Gasteiger partial charge in [0.25, 0.3) is 0 Å². The predicted octanol–water partition coefficient (Wildman–Crippen LogP) is 1.53. The Hall–Kier alpha value is -0.120. The summed E-state index contributed by atoms with van der Waals surface area (Å²) in [5.74, 6) is 0. The highest BCUT2D eigenvalue weighted by atomic mass is 15.3. The van der Waals surface area contributed by atoms with Crippen LogP contribution in [0.15, 0.2) is 0 Å². The van der Waals surface area contributed by atoms with Crippen LogP contribution in [-0.4, -0.2) is 54.6 Å². The van der Waals surface area contributed by atoms with Gasteiger partial charge in [0, 0.05) is 38.3 Å². The van der Waals surface area contributed by atoms with Crippen LogP contribution in [0.4, 0.5) is 0 Å². The standard InChI is InChI=1S/C13H29N3/c1-4-13(14)6-5-7-15-8-10-16(11-9-15)12(2)3/h12-13H,4-11,14H2,1-3H3. The minimum Gasteiger partial charge on any atom is -0.328 e. The van der Waals surface area contributed by atoms with Gasteiger partial charge in [0.1, 0.15) is 0 Å². The smallest absolute Gasteiger partial charge is 0.0113 e. The molecule has 1 aliphatic heterocycles. The fourth-order valence-electron chi connectivity index (χ4n) is 2.28. The Kier molecular flexibility index (Phi) is 6.32. The van der Waals surface area contributed by atoms with Gasteiger partial charge in [0.2, 0.25) is 0 Å². The first-order valence-electron chi connectivity index (χ1n) is 6.85. The van der Waals surface area contributed by atoms with Gasteiger partial charge in [-0.1, -0.05) is 6.92 Å². The van der Waals surface area contributed by atoms with Gasteiger partial charge in [0.05, 0.1) is 0 Å². The largest absolute Gasteiger partial charge is 0.328 e. The average Bonchev–Trinajstić information content (AvgIpc) is 2.29. The molecule has 1 fully saturated rings. The van der Waals surface area contributed by atoms with E-state index in [0.29, 0.717) is 12.1 Å². The van der Waals surface area contributed by atoms with Gasteiger partial charge in [0.15, 0.2) is 0 Å². The molecule has 0 aliphatic carbocycles. The van der Waals surface area contributed by atoms with Gasteiger partial charge < -0.3 is 10.6 Å². The Morgan fingerprint density at radius 3 is 2.25 bits per heavy atom. The summed E-state index contributed by atoms with van der Waals surface area (Å²) >= 11 is 0. The molecule has 0 spiro atoms. The lowest BCUT2D eigenvalue weighted by Crippen LogP contribution is -2.49. The van der Waals surface area contributed by atoms with Gasteiger partial charge in [-0.15, -0.1) is 0 Å². The van der Waals surface area contributed by atoms with Crippen LogP contribution < -0.4 is 5.73 Å². The Morgan fingerprint density at radius 1 is 1.12 bits per heavy atom. The van der Waals surface area contributed by atoms with Crippen molar-refractivity contribution < 1.29 is 0 Å². The first-order chi connectivity index (χ1) is 7.63. The molecule has 3 nitrogen and oxygen atoms in total. The Bertz CT molecular complexity index is 174. The number of hydrogen-bond acceptors (Lipinski definition) is 3. The molecule has 0 amide bonds. The van der Waals surface area contributed by atoms with E-state index in [0.717, 1.165) is 6.42 Å². The van der Waals surface area contributed by atoms with E-state index in [1.807, 2.05) is 0 Å². The number of nitrogens with two attached hydrogens (primary N) is 1. The van der Waals surface area contributed by atoms with Crippen molar-refractivity contribution in [3.63, 3.8) is 0 Å². The summed E-state index contributed by atoms with van der Waals surface area (Å²) in [6.45, 7) is 12.9. The fourth-order valence-corrected chi connectivity index (χ4v) is 2.28. The van der Waals surface area contributed by atoms with Crippen LogP contribution in [0.25, 0.3) is 0 Å². The SMILES string of the molecule is CCC(N)CCCN1CCN(C(C)C)CC1. The van der Waals surface area contributed by atoms with Crippen molar-refractivity contribution in [2.75, 3.05) is 32.7 Å². The summed E-state index contributed by atoms with van der Waals surface area (Å²) < 4.78 is 0. The number of nitrogens with zero attached hydrogens (tertiary/aromatic N) is 2. The van der Waals surface area contributed by atoms with Crippen molar-refractivity contribution in [3.8, 4) is 0 Å². The highest BCUT2D eigenvalue weighted by molar-refractivity contribution is 4.74. The van der Waals surface area contributed by atoms with E-state index in [-0.39, 0.29) is 0 Å². The van der Waals surface area contributed by atoms with Crippen molar-refractivity contribution in [2.45, 2.75) is 52.1 Å². The molecule has 0 bridgehead atoms. The fraction of sp³-hybridized carbons (Fsp3) is 1.00. The minimum atomic E-state index is 0.414. The van der Waals surface area contributed by atoms with E-state index >= 15 is 0 Å². The third-order valence-corrected chi connectivity index (χ3v) is 3.71. The monoisotopic (exact) mass is 227 g/mol. The highest BCUT2D eigenvalue weighted by Crippen LogP contribution is 2.07. The van der Waals surface area contributed by atoms with Crippen molar-refractivity contribution in [2.24, 2.45) is 5.73 Å². The molecule has 1 rings (SSSR count). The Labute approximate surface area is 101 Å². The lowest BCUT2D eigenvalue weighted by molar-refractivity contribution is 0.107.